The Hall–Kier alpha value is -2.11. The van der Waals surface area contributed by atoms with E-state index < -0.39 is 63.9 Å². The van der Waals surface area contributed by atoms with Crippen LogP contribution in [0, 0.1) is 0 Å². The summed E-state index contributed by atoms with van der Waals surface area (Å²) in [4.78, 5) is 55.9. The minimum absolute atomic E-state index is 0.0503. The zero-order valence-corrected chi connectivity index (χ0v) is 36.1. The first-order valence-electron chi connectivity index (χ1n) is 20.5. The summed E-state index contributed by atoms with van der Waals surface area (Å²) in [7, 11) is -3.72. The van der Waals surface area contributed by atoms with Crippen LogP contribution in [0.4, 0.5) is 0 Å². The van der Waals surface area contributed by atoms with Gasteiger partial charge in [0.1, 0.15) is 12.2 Å². The number of aliphatic hydroxyl groups is 1. The van der Waals surface area contributed by atoms with E-state index in [1.807, 2.05) is 11.0 Å². The SMILES string of the molecule is CCCC[P+](CCCC)(CCCC)CCCN1C(=O)CC/C1=C\CC(=O)OC1[C@@H](CO)O[C@@H](n2ccc(=O)[nH]c2=O)[C@H]1O[Si](C(C)C)(C(C)C)C(C)C. The van der Waals surface area contributed by atoms with E-state index in [4.69, 9.17) is 13.9 Å². The molecule has 3 heterocycles. The number of carbonyl (C=O) groups excluding carboxylic acids is 2. The molecule has 0 bridgehead atoms. The number of aromatic nitrogens is 2. The van der Waals surface area contributed by atoms with Gasteiger partial charge in [-0.2, -0.15) is 0 Å². The van der Waals surface area contributed by atoms with Crippen LogP contribution < -0.4 is 11.2 Å². The minimum Gasteiger partial charge on any atom is -0.456 e. The molecular weight excluding hydrogens is 710 g/mol. The molecule has 4 atom stereocenters. The van der Waals surface area contributed by atoms with Crippen molar-refractivity contribution < 1.29 is 28.6 Å². The Labute approximate surface area is 320 Å². The highest BCUT2D eigenvalue weighted by molar-refractivity contribution is 7.75. The number of hydrogen-bond acceptors (Lipinski definition) is 8. The number of rotatable bonds is 23. The number of ether oxygens (including phenoxy) is 2. The topological polar surface area (TPSA) is 140 Å². The average molecular weight is 781 g/mol. The van der Waals surface area contributed by atoms with E-state index in [0.29, 0.717) is 19.4 Å². The summed E-state index contributed by atoms with van der Waals surface area (Å²) in [6, 6.07) is 1.23. The number of H-pyrrole nitrogens is 1. The van der Waals surface area contributed by atoms with Gasteiger partial charge >= 0.3 is 11.7 Å². The first-order chi connectivity index (χ1) is 25.2. The van der Waals surface area contributed by atoms with Gasteiger partial charge in [0.2, 0.25) is 14.2 Å². The summed E-state index contributed by atoms with van der Waals surface area (Å²) in [5, 5.41) is 10.5. The number of allylic oxidation sites excluding steroid dienone is 1. The molecule has 1 aromatic heterocycles. The van der Waals surface area contributed by atoms with Crippen molar-refractivity contribution in [1.82, 2.24) is 14.5 Å². The van der Waals surface area contributed by atoms with Gasteiger partial charge in [-0.3, -0.25) is 23.9 Å². The molecule has 0 saturated carbocycles. The van der Waals surface area contributed by atoms with Crippen molar-refractivity contribution in [3.8, 4) is 0 Å². The summed E-state index contributed by atoms with van der Waals surface area (Å²) in [6.45, 7) is 19.9. The molecule has 2 aliphatic heterocycles. The predicted molar refractivity (Wildman–Crippen MR) is 217 cm³/mol. The van der Waals surface area contributed by atoms with E-state index in [2.05, 4.69) is 67.3 Å². The molecule has 0 spiro atoms. The molecule has 2 fully saturated rings. The Morgan fingerprint density at radius 3 is 2.00 bits per heavy atom. The number of nitrogens with one attached hydrogen (secondary N) is 1. The zero-order valence-electron chi connectivity index (χ0n) is 34.2. The van der Waals surface area contributed by atoms with Gasteiger partial charge in [-0.15, -0.1) is 0 Å². The van der Waals surface area contributed by atoms with Crippen molar-refractivity contribution in [2.75, 3.05) is 37.8 Å². The molecule has 2 saturated heterocycles. The van der Waals surface area contributed by atoms with Gasteiger partial charge in [-0.05, 0) is 48.7 Å². The molecule has 53 heavy (non-hydrogen) atoms. The fourth-order valence-corrected chi connectivity index (χ4v) is 19.5. The fraction of sp³-hybridized carbons (Fsp3) is 0.800. The summed E-state index contributed by atoms with van der Waals surface area (Å²) >= 11 is 0. The Morgan fingerprint density at radius 2 is 1.49 bits per heavy atom. The lowest BCUT2D eigenvalue weighted by atomic mass is 10.1. The van der Waals surface area contributed by atoms with Crippen LogP contribution in [0.2, 0.25) is 16.6 Å². The monoisotopic (exact) mass is 780 g/mol. The van der Waals surface area contributed by atoms with Gasteiger partial charge in [-0.25, -0.2) is 4.79 Å². The van der Waals surface area contributed by atoms with Gasteiger partial charge in [0.05, 0.1) is 37.7 Å². The maximum absolute atomic E-state index is 13.7. The summed E-state index contributed by atoms with van der Waals surface area (Å²) in [6.07, 6.45) is 14.0. The Bertz CT molecular complexity index is 1420. The smallest absolute Gasteiger partial charge is 0.330 e. The van der Waals surface area contributed by atoms with Gasteiger partial charge in [0, 0.05) is 38.2 Å². The Kier molecular flexibility index (Phi) is 18.2. The molecule has 13 heteroatoms. The van der Waals surface area contributed by atoms with Crippen LogP contribution in [0.25, 0.3) is 0 Å². The van der Waals surface area contributed by atoms with E-state index >= 15 is 0 Å². The van der Waals surface area contributed by atoms with Crippen LogP contribution in [0.1, 0.15) is 133 Å². The van der Waals surface area contributed by atoms with Gasteiger partial charge in [0.15, 0.2) is 12.3 Å². The molecule has 1 aromatic rings. The quantitative estimate of drug-likeness (QED) is 0.0658. The van der Waals surface area contributed by atoms with Gasteiger partial charge in [-0.1, -0.05) is 87.7 Å². The molecular formula is C40H71N3O8PSi+. The van der Waals surface area contributed by atoms with Crippen molar-refractivity contribution in [2.24, 2.45) is 0 Å². The highest BCUT2D eigenvalue weighted by atomic mass is 31.2. The number of likely N-dealkylation sites (tertiary alicyclic amines) is 1. The minimum atomic E-state index is -2.63. The van der Waals surface area contributed by atoms with Crippen LogP contribution in [-0.4, -0.2) is 95.9 Å². The molecule has 1 amide bonds. The van der Waals surface area contributed by atoms with Gasteiger partial charge < -0.3 is 23.9 Å². The van der Waals surface area contributed by atoms with E-state index in [1.54, 1.807) is 0 Å². The van der Waals surface area contributed by atoms with Crippen molar-refractivity contribution in [3.63, 3.8) is 0 Å². The maximum Gasteiger partial charge on any atom is 0.330 e. The second-order valence-corrected chi connectivity index (χ2v) is 26.1. The maximum atomic E-state index is 13.7. The fourth-order valence-electron chi connectivity index (χ4n) is 8.88. The van der Waals surface area contributed by atoms with Crippen molar-refractivity contribution in [1.29, 1.82) is 0 Å². The Morgan fingerprint density at radius 1 is 0.925 bits per heavy atom. The number of amides is 1. The summed E-state index contributed by atoms with van der Waals surface area (Å²) in [5.74, 6) is -0.421. The Balaban J connectivity index is 1.84. The van der Waals surface area contributed by atoms with E-state index in [9.17, 15) is 24.3 Å². The molecule has 0 aromatic carbocycles. The number of hydrogen-bond donors (Lipinski definition) is 2. The van der Waals surface area contributed by atoms with Crippen LogP contribution >= 0.6 is 7.26 Å². The molecule has 1 unspecified atom stereocenters. The lowest BCUT2D eigenvalue weighted by Crippen LogP contribution is -2.54. The summed E-state index contributed by atoms with van der Waals surface area (Å²) in [5.41, 5.74) is 0.163. The third kappa shape index (κ3) is 11.5. The average Bonchev–Trinajstić information content (AvgIpc) is 3.64. The molecule has 11 nitrogen and oxygen atoms in total. The molecule has 0 aliphatic carbocycles. The number of esters is 1. The molecule has 2 aliphatic rings. The third-order valence-electron chi connectivity index (χ3n) is 11.6. The first-order valence-corrected chi connectivity index (χ1v) is 25.2. The predicted octanol–water partition coefficient (Wildman–Crippen LogP) is 7.60. The third-order valence-corrected chi connectivity index (χ3v) is 22.8. The lowest BCUT2D eigenvalue weighted by molar-refractivity contribution is -0.155. The van der Waals surface area contributed by atoms with Crippen LogP contribution in [0.15, 0.2) is 33.6 Å². The second-order valence-electron chi connectivity index (χ2n) is 16.2. The highest BCUT2D eigenvalue weighted by Crippen LogP contribution is 2.61. The van der Waals surface area contributed by atoms with E-state index in [1.165, 1.54) is 80.0 Å². The van der Waals surface area contributed by atoms with E-state index in [0.717, 1.165) is 12.1 Å². The lowest BCUT2D eigenvalue weighted by Gasteiger charge is -2.45. The molecule has 0 radical (unpaired) electrons. The summed E-state index contributed by atoms with van der Waals surface area (Å²) < 4.78 is 20.7. The highest BCUT2D eigenvalue weighted by Gasteiger charge is 2.55. The molecule has 302 valence electrons. The van der Waals surface area contributed by atoms with Crippen molar-refractivity contribution in [3.05, 3.63) is 44.9 Å². The van der Waals surface area contributed by atoms with Crippen molar-refractivity contribution >= 4 is 27.5 Å². The number of nitrogens with zero attached hydrogens (tertiary/aromatic N) is 2. The van der Waals surface area contributed by atoms with Crippen LogP contribution in [0.3, 0.4) is 0 Å². The zero-order chi connectivity index (χ0) is 39.3. The second kappa shape index (κ2) is 21.3. The normalized spacial score (nSPS) is 21.9. The van der Waals surface area contributed by atoms with Crippen LogP contribution in [-0.2, 0) is 23.5 Å². The molecule has 2 N–H and O–H groups in total. The van der Waals surface area contributed by atoms with Crippen LogP contribution in [0.5, 0.6) is 0 Å². The van der Waals surface area contributed by atoms with Gasteiger partial charge in [0.25, 0.3) is 5.56 Å². The van der Waals surface area contributed by atoms with E-state index in [-0.39, 0.29) is 29.0 Å². The number of aliphatic hydroxyl groups excluding tert-OH is 1. The first kappa shape index (κ1) is 45.3. The molecule has 3 rings (SSSR count). The standard InChI is InChI=1S/C40H70N3O8PSi/c1-10-13-24-52(25-14-11-2,26-15-12-3)27-16-22-42-32(17-19-35(42)46)18-20-36(47)50-37-33(28-44)49-39(43-23-21-34(45)41-40(43)48)38(37)51-53(29(4)5,30(6)7)31(8)9/h18,21,23,29-31,33,37-39,44H,10-17,19-20,22,24-28H2,1-9H3/p+1/b32-18+/t33-,37?,38+,39-/m1/s1. The largest absolute Gasteiger partial charge is 0.456 e. The number of unbranched alkanes of at least 4 members (excludes halogenated alkanes) is 3. The van der Waals surface area contributed by atoms with Crippen molar-refractivity contribution in [2.45, 2.75) is 168 Å². The number of carbonyl (C=O) groups is 2. The number of aromatic amines is 1.